The number of carbonyl (C=O) groups is 1. The molecule has 4 heteroatoms. The summed E-state index contributed by atoms with van der Waals surface area (Å²) in [5.41, 5.74) is 1.10. The van der Waals surface area contributed by atoms with Crippen LogP contribution in [-0.2, 0) is 11.3 Å². The molecule has 0 aliphatic rings. The summed E-state index contributed by atoms with van der Waals surface area (Å²) in [5.74, 6) is 1.43. The number of fused-ring (bicyclic) bond motifs is 1. The number of benzene rings is 2. The normalized spacial score (nSPS) is 11.5. The van der Waals surface area contributed by atoms with E-state index >= 15 is 0 Å². The Morgan fingerprint density at radius 1 is 1.14 bits per heavy atom. The molecule has 2 rings (SSSR count). The smallest absolute Gasteiger partial charge is 0.230 e. The summed E-state index contributed by atoms with van der Waals surface area (Å²) in [4.78, 5) is 11.9. The molecule has 0 aromatic heterocycles. The minimum absolute atomic E-state index is 0.0785. The van der Waals surface area contributed by atoms with Crippen molar-refractivity contribution < 1.29 is 9.53 Å². The molecule has 0 spiro atoms. The molecular formula is C18H23NO2S. The summed E-state index contributed by atoms with van der Waals surface area (Å²) in [7, 11) is 1.67. The zero-order chi connectivity index (χ0) is 16.2. The van der Waals surface area contributed by atoms with Crippen molar-refractivity contribution in [2.45, 2.75) is 32.1 Å². The average Bonchev–Trinajstić information content (AvgIpc) is 2.49. The van der Waals surface area contributed by atoms with Gasteiger partial charge in [-0.3, -0.25) is 4.79 Å². The molecule has 0 unspecified atom stereocenters. The van der Waals surface area contributed by atoms with Gasteiger partial charge in [-0.1, -0.05) is 39.0 Å². The first-order chi connectivity index (χ1) is 10.4. The number of rotatable bonds is 5. The van der Waals surface area contributed by atoms with Crippen molar-refractivity contribution in [3.63, 3.8) is 0 Å². The highest BCUT2D eigenvalue weighted by atomic mass is 32.2. The lowest BCUT2D eigenvalue weighted by Crippen LogP contribution is -2.26. The summed E-state index contributed by atoms with van der Waals surface area (Å²) in [6, 6.07) is 12.2. The lowest BCUT2D eigenvalue weighted by Gasteiger charge is -2.17. The van der Waals surface area contributed by atoms with Gasteiger partial charge in [-0.25, -0.2) is 0 Å². The first-order valence-electron chi connectivity index (χ1n) is 7.35. The van der Waals surface area contributed by atoms with E-state index in [0.29, 0.717) is 12.3 Å². The topological polar surface area (TPSA) is 38.3 Å². The van der Waals surface area contributed by atoms with Gasteiger partial charge >= 0.3 is 0 Å². The Morgan fingerprint density at radius 2 is 1.82 bits per heavy atom. The minimum atomic E-state index is 0.0785. The van der Waals surface area contributed by atoms with Crippen LogP contribution in [0.5, 0.6) is 5.75 Å². The van der Waals surface area contributed by atoms with Crippen LogP contribution in [0.2, 0.25) is 0 Å². The highest BCUT2D eigenvalue weighted by Gasteiger charge is 2.13. The highest BCUT2D eigenvalue weighted by Crippen LogP contribution is 2.23. The fraction of sp³-hybridized carbons (Fsp3) is 0.389. The summed E-state index contributed by atoms with van der Waals surface area (Å²) in [5, 5.41) is 5.26. The molecule has 0 atom stereocenters. The standard InChI is InChI=1S/C18H23NO2S/c1-18(2,3)22-12-17(20)19-11-13-5-6-15-10-16(21-4)8-7-14(15)9-13/h5-10H,11-12H2,1-4H3,(H,19,20). The van der Waals surface area contributed by atoms with E-state index in [1.54, 1.807) is 18.9 Å². The molecule has 0 aliphatic carbocycles. The number of hydrogen-bond acceptors (Lipinski definition) is 3. The molecule has 0 aliphatic heterocycles. The van der Waals surface area contributed by atoms with E-state index in [0.717, 1.165) is 22.1 Å². The third kappa shape index (κ3) is 4.95. The monoisotopic (exact) mass is 317 g/mol. The van der Waals surface area contributed by atoms with Gasteiger partial charge in [-0.2, -0.15) is 0 Å². The molecular weight excluding hydrogens is 294 g/mol. The Kier molecular flexibility index (Phi) is 5.35. The van der Waals surface area contributed by atoms with Gasteiger partial charge in [0, 0.05) is 11.3 Å². The molecule has 0 heterocycles. The summed E-state index contributed by atoms with van der Waals surface area (Å²) < 4.78 is 5.34. The van der Waals surface area contributed by atoms with Gasteiger partial charge in [0.15, 0.2) is 0 Å². The second-order valence-corrected chi connectivity index (χ2v) is 8.03. The van der Waals surface area contributed by atoms with Gasteiger partial charge in [-0.05, 0) is 34.5 Å². The van der Waals surface area contributed by atoms with Crippen molar-refractivity contribution in [3.8, 4) is 5.75 Å². The second-order valence-electron chi connectivity index (χ2n) is 6.23. The zero-order valence-electron chi connectivity index (χ0n) is 13.6. The van der Waals surface area contributed by atoms with Crippen LogP contribution in [0.4, 0.5) is 0 Å². The van der Waals surface area contributed by atoms with Crippen LogP contribution >= 0.6 is 11.8 Å². The van der Waals surface area contributed by atoms with E-state index in [2.05, 4.69) is 38.2 Å². The van der Waals surface area contributed by atoms with Gasteiger partial charge in [0.05, 0.1) is 12.9 Å². The number of amides is 1. The number of hydrogen-bond donors (Lipinski definition) is 1. The molecule has 3 nitrogen and oxygen atoms in total. The van der Waals surface area contributed by atoms with E-state index in [1.807, 2.05) is 24.3 Å². The second kappa shape index (κ2) is 7.05. The summed E-state index contributed by atoms with van der Waals surface area (Å²) in [6.45, 7) is 6.90. The van der Waals surface area contributed by atoms with Crippen LogP contribution in [0.3, 0.4) is 0 Å². The van der Waals surface area contributed by atoms with Gasteiger partial charge in [0.2, 0.25) is 5.91 Å². The summed E-state index contributed by atoms with van der Waals surface area (Å²) in [6.07, 6.45) is 0. The molecule has 1 amide bonds. The number of carbonyl (C=O) groups excluding carboxylic acids is 1. The first-order valence-corrected chi connectivity index (χ1v) is 8.33. The summed E-state index contributed by atoms with van der Waals surface area (Å²) >= 11 is 1.66. The molecule has 0 bridgehead atoms. The predicted molar refractivity (Wildman–Crippen MR) is 94.6 cm³/mol. The quantitative estimate of drug-likeness (QED) is 0.906. The maximum Gasteiger partial charge on any atom is 0.230 e. The van der Waals surface area contributed by atoms with E-state index in [-0.39, 0.29) is 10.7 Å². The maximum atomic E-state index is 11.9. The van der Waals surface area contributed by atoms with Crippen LogP contribution in [0.15, 0.2) is 36.4 Å². The molecule has 0 radical (unpaired) electrons. The van der Waals surface area contributed by atoms with Crippen molar-refractivity contribution in [2.75, 3.05) is 12.9 Å². The van der Waals surface area contributed by atoms with Crippen LogP contribution in [0, 0.1) is 0 Å². The Bertz CT molecular complexity index is 662. The predicted octanol–water partition coefficient (Wildman–Crippen LogP) is 4.00. The molecule has 0 fully saturated rings. The number of nitrogens with one attached hydrogen (secondary N) is 1. The van der Waals surface area contributed by atoms with Crippen molar-refractivity contribution in [1.29, 1.82) is 0 Å². The molecule has 0 saturated carbocycles. The maximum absolute atomic E-state index is 11.9. The molecule has 0 saturated heterocycles. The Balaban J connectivity index is 1.96. The SMILES string of the molecule is COc1ccc2cc(CNC(=O)CSC(C)(C)C)ccc2c1. The van der Waals surface area contributed by atoms with Crippen LogP contribution in [0.1, 0.15) is 26.3 Å². The highest BCUT2D eigenvalue weighted by molar-refractivity contribution is 8.01. The molecule has 118 valence electrons. The van der Waals surface area contributed by atoms with Gasteiger partial charge in [-0.15, -0.1) is 11.8 Å². The third-order valence-corrected chi connectivity index (χ3v) is 4.51. The molecule has 2 aromatic rings. The van der Waals surface area contributed by atoms with Crippen LogP contribution in [-0.4, -0.2) is 23.5 Å². The van der Waals surface area contributed by atoms with E-state index in [1.165, 1.54) is 0 Å². The molecule has 1 N–H and O–H groups in total. The van der Waals surface area contributed by atoms with Crippen molar-refractivity contribution in [1.82, 2.24) is 5.32 Å². The van der Waals surface area contributed by atoms with Gasteiger partial charge < -0.3 is 10.1 Å². The van der Waals surface area contributed by atoms with E-state index < -0.39 is 0 Å². The average molecular weight is 317 g/mol. The Hall–Kier alpha value is -1.68. The number of methoxy groups -OCH3 is 1. The van der Waals surface area contributed by atoms with E-state index in [9.17, 15) is 4.79 Å². The van der Waals surface area contributed by atoms with Gasteiger partial charge in [0.25, 0.3) is 0 Å². The van der Waals surface area contributed by atoms with Crippen molar-refractivity contribution in [3.05, 3.63) is 42.0 Å². The molecule has 2 aromatic carbocycles. The largest absolute Gasteiger partial charge is 0.497 e. The third-order valence-electron chi connectivity index (χ3n) is 3.24. The Labute approximate surface area is 136 Å². The number of ether oxygens (including phenoxy) is 1. The lowest BCUT2D eigenvalue weighted by molar-refractivity contribution is -0.118. The molecule has 22 heavy (non-hydrogen) atoms. The van der Waals surface area contributed by atoms with Crippen LogP contribution in [0.25, 0.3) is 10.8 Å². The number of thioether (sulfide) groups is 1. The Morgan fingerprint density at radius 3 is 2.50 bits per heavy atom. The van der Waals surface area contributed by atoms with Gasteiger partial charge in [0.1, 0.15) is 5.75 Å². The van der Waals surface area contributed by atoms with Crippen molar-refractivity contribution >= 4 is 28.4 Å². The fourth-order valence-electron chi connectivity index (χ4n) is 2.04. The minimum Gasteiger partial charge on any atom is -0.497 e. The zero-order valence-corrected chi connectivity index (χ0v) is 14.4. The fourth-order valence-corrected chi connectivity index (χ4v) is 2.71. The van der Waals surface area contributed by atoms with Crippen molar-refractivity contribution in [2.24, 2.45) is 0 Å². The van der Waals surface area contributed by atoms with Crippen LogP contribution < -0.4 is 10.1 Å². The first kappa shape index (κ1) is 16.7. The lowest BCUT2D eigenvalue weighted by atomic mass is 10.1. The van der Waals surface area contributed by atoms with E-state index in [4.69, 9.17) is 4.74 Å².